The molecule has 1 aliphatic heterocycles. The Morgan fingerprint density at radius 3 is 1.86 bits per heavy atom. The van der Waals surface area contributed by atoms with Crippen LogP contribution in [0, 0.1) is 0 Å². The highest BCUT2D eigenvalue weighted by molar-refractivity contribution is 5.75. The molecule has 162 valence electrons. The standard InChI is InChI=1S/C22H41N3O3/c1-6-23(7-2)20(26)25(18-12-10-8-9-11-13-18)19-14-16-24(17-15-19)21(27)28-22(3,4)5/h18-19H,6-17H2,1-5H3. The average Bonchev–Trinajstić information content (AvgIpc) is 2.91. The fourth-order valence-corrected chi connectivity index (χ4v) is 4.46. The predicted molar refractivity (Wildman–Crippen MR) is 112 cm³/mol. The lowest BCUT2D eigenvalue weighted by Gasteiger charge is -2.44. The Bertz CT molecular complexity index is 498. The highest BCUT2D eigenvalue weighted by atomic mass is 16.6. The highest BCUT2D eigenvalue weighted by Gasteiger charge is 2.36. The van der Waals surface area contributed by atoms with Crippen LogP contribution < -0.4 is 0 Å². The third kappa shape index (κ3) is 6.28. The van der Waals surface area contributed by atoms with Gasteiger partial charge in [-0.1, -0.05) is 25.7 Å². The molecular weight excluding hydrogens is 354 g/mol. The van der Waals surface area contributed by atoms with E-state index in [4.69, 9.17) is 4.74 Å². The SMILES string of the molecule is CCN(CC)C(=O)N(C1CCCCCC1)C1CCN(C(=O)OC(C)(C)C)CC1. The van der Waals surface area contributed by atoms with E-state index in [0.29, 0.717) is 19.1 Å². The van der Waals surface area contributed by atoms with Crippen molar-refractivity contribution >= 4 is 12.1 Å². The van der Waals surface area contributed by atoms with Crippen LogP contribution in [-0.2, 0) is 4.74 Å². The van der Waals surface area contributed by atoms with E-state index in [1.807, 2.05) is 25.7 Å². The van der Waals surface area contributed by atoms with Crippen LogP contribution in [0.2, 0.25) is 0 Å². The summed E-state index contributed by atoms with van der Waals surface area (Å²) in [7, 11) is 0. The molecule has 0 N–H and O–H groups in total. The molecule has 2 fully saturated rings. The van der Waals surface area contributed by atoms with Crippen LogP contribution in [0.5, 0.6) is 0 Å². The summed E-state index contributed by atoms with van der Waals surface area (Å²) in [6, 6.07) is 0.746. The molecule has 0 unspecified atom stereocenters. The summed E-state index contributed by atoms with van der Waals surface area (Å²) >= 11 is 0. The Hall–Kier alpha value is -1.46. The van der Waals surface area contributed by atoms with Crippen molar-refractivity contribution in [1.29, 1.82) is 0 Å². The van der Waals surface area contributed by atoms with Crippen molar-refractivity contribution in [2.24, 2.45) is 0 Å². The number of carbonyl (C=O) groups excluding carboxylic acids is 2. The third-order valence-corrected chi connectivity index (χ3v) is 5.98. The van der Waals surface area contributed by atoms with Gasteiger partial charge in [-0.25, -0.2) is 9.59 Å². The molecular formula is C22H41N3O3. The molecule has 2 rings (SSSR count). The van der Waals surface area contributed by atoms with E-state index in [0.717, 1.165) is 38.8 Å². The smallest absolute Gasteiger partial charge is 0.410 e. The number of piperidine rings is 1. The van der Waals surface area contributed by atoms with E-state index in [1.54, 1.807) is 4.90 Å². The monoisotopic (exact) mass is 395 g/mol. The maximum atomic E-state index is 13.4. The van der Waals surface area contributed by atoms with Crippen LogP contribution in [0.3, 0.4) is 0 Å². The first kappa shape index (κ1) is 22.8. The maximum absolute atomic E-state index is 13.4. The number of rotatable bonds is 4. The summed E-state index contributed by atoms with van der Waals surface area (Å²) in [6.45, 7) is 12.6. The number of carbonyl (C=O) groups is 2. The lowest BCUT2D eigenvalue weighted by atomic mass is 9.98. The predicted octanol–water partition coefficient (Wildman–Crippen LogP) is 4.87. The van der Waals surface area contributed by atoms with Crippen LogP contribution in [0.4, 0.5) is 9.59 Å². The fourth-order valence-electron chi connectivity index (χ4n) is 4.46. The fraction of sp³-hybridized carbons (Fsp3) is 0.909. The second-order valence-electron chi connectivity index (χ2n) is 9.21. The summed E-state index contributed by atoms with van der Waals surface area (Å²) in [5.41, 5.74) is -0.473. The minimum absolute atomic E-state index is 0.188. The van der Waals surface area contributed by atoms with Crippen molar-refractivity contribution in [3.05, 3.63) is 0 Å². The van der Waals surface area contributed by atoms with Gasteiger partial charge in [0.1, 0.15) is 5.60 Å². The number of ether oxygens (including phenoxy) is 1. The Labute approximate surface area is 171 Å². The number of likely N-dealkylation sites (tertiary alicyclic amines) is 1. The third-order valence-electron chi connectivity index (χ3n) is 5.98. The normalized spacial score (nSPS) is 19.8. The maximum Gasteiger partial charge on any atom is 0.410 e. The molecule has 0 spiro atoms. The Kier molecular flexibility index (Phi) is 8.44. The number of urea groups is 1. The molecule has 6 heteroatoms. The molecule has 0 aromatic heterocycles. The van der Waals surface area contributed by atoms with Gasteiger partial charge in [0.2, 0.25) is 0 Å². The van der Waals surface area contributed by atoms with Crippen molar-refractivity contribution in [3.63, 3.8) is 0 Å². The first-order chi connectivity index (χ1) is 13.3. The summed E-state index contributed by atoms with van der Waals surface area (Å²) < 4.78 is 5.52. The topological polar surface area (TPSA) is 53.1 Å². The number of hydrogen-bond donors (Lipinski definition) is 0. The first-order valence-corrected chi connectivity index (χ1v) is 11.3. The van der Waals surface area contributed by atoms with Gasteiger partial charge in [-0.3, -0.25) is 0 Å². The molecule has 3 amide bonds. The zero-order chi connectivity index (χ0) is 20.7. The van der Waals surface area contributed by atoms with Gasteiger partial charge in [0.25, 0.3) is 0 Å². The highest BCUT2D eigenvalue weighted by Crippen LogP contribution is 2.29. The molecule has 28 heavy (non-hydrogen) atoms. The number of hydrogen-bond acceptors (Lipinski definition) is 3. The summed E-state index contributed by atoms with van der Waals surface area (Å²) in [6.07, 6.45) is 8.64. The largest absolute Gasteiger partial charge is 0.444 e. The van der Waals surface area contributed by atoms with Gasteiger partial charge in [0, 0.05) is 38.3 Å². The summed E-state index contributed by atoms with van der Waals surface area (Å²) in [5.74, 6) is 0. The van der Waals surface area contributed by atoms with E-state index in [2.05, 4.69) is 18.7 Å². The minimum Gasteiger partial charge on any atom is -0.444 e. The quantitative estimate of drug-likeness (QED) is 0.638. The Morgan fingerprint density at radius 1 is 0.893 bits per heavy atom. The van der Waals surface area contributed by atoms with Gasteiger partial charge in [-0.2, -0.15) is 0 Å². The second kappa shape index (κ2) is 10.4. The van der Waals surface area contributed by atoms with E-state index in [1.165, 1.54) is 25.7 Å². The average molecular weight is 396 g/mol. The van der Waals surface area contributed by atoms with Crippen LogP contribution >= 0.6 is 0 Å². The van der Waals surface area contributed by atoms with Crippen LogP contribution in [-0.4, -0.2) is 70.7 Å². The molecule has 0 atom stereocenters. The zero-order valence-electron chi connectivity index (χ0n) is 18.7. The molecule has 1 heterocycles. The molecule has 1 aliphatic carbocycles. The van der Waals surface area contributed by atoms with E-state index in [9.17, 15) is 9.59 Å². The van der Waals surface area contributed by atoms with Gasteiger partial charge in [-0.05, 0) is 60.3 Å². The molecule has 0 aromatic carbocycles. The zero-order valence-corrected chi connectivity index (χ0v) is 18.7. The molecule has 1 saturated carbocycles. The molecule has 0 aromatic rings. The van der Waals surface area contributed by atoms with Crippen molar-refractivity contribution < 1.29 is 14.3 Å². The number of nitrogens with zero attached hydrogens (tertiary/aromatic N) is 3. The van der Waals surface area contributed by atoms with Gasteiger partial charge >= 0.3 is 12.1 Å². The van der Waals surface area contributed by atoms with Gasteiger partial charge in [0.15, 0.2) is 0 Å². The molecule has 1 saturated heterocycles. The lowest BCUT2D eigenvalue weighted by Crippen LogP contribution is -2.56. The van der Waals surface area contributed by atoms with E-state index >= 15 is 0 Å². The second-order valence-corrected chi connectivity index (χ2v) is 9.21. The molecule has 6 nitrogen and oxygen atoms in total. The summed E-state index contributed by atoms with van der Waals surface area (Å²) in [4.78, 5) is 31.7. The van der Waals surface area contributed by atoms with E-state index < -0.39 is 5.60 Å². The van der Waals surface area contributed by atoms with E-state index in [-0.39, 0.29) is 18.2 Å². The van der Waals surface area contributed by atoms with Gasteiger partial charge < -0.3 is 19.4 Å². The van der Waals surface area contributed by atoms with Gasteiger partial charge in [-0.15, -0.1) is 0 Å². The van der Waals surface area contributed by atoms with Crippen LogP contribution in [0.15, 0.2) is 0 Å². The van der Waals surface area contributed by atoms with Crippen molar-refractivity contribution in [2.45, 2.75) is 104 Å². The molecule has 2 aliphatic rings. The molecule has 0 bridgehead atoms. The molecule has 0 radical (unpaired) electrons. The van der Waals surface area contributed by atoms with Crippen LogP contribution in [0.1, 0.15) is 86.0 Å². The lowest BCUT2D eigenvalue weighted by molar-refractivity contribution is 0.0127. The minimum atomic E-state index is -0.473. The Balaban J connectivity index is 2.07. The van der Waals surface area contributed by atoms with Crippen molar-refractivity contribution in [1.82, 2.24) is 14.7 Å². The first-order valence-electron chi connectivity index (χ1n) is 11.3. The van der Waals surface area contributed by atoms with Crippen LogP contribution in [0.25, 0.3) is 0 Å². The Morgan fingerprint density at radius 2 is 1.39 bits per heavy atom. The van der Waals surface area contributed by atoms with Crippen molar-refractivity contribution in [3.8, 4) is 0 Å². The number of amides is 3. The summed E-state index contributed by atoms with van der Waals surface area (Å²) in [5, 5.41) is 0. The van der Waals surface area contributed by atoms with Crippen molar-refractivity contribution in [2.75, 3.05) is 26.2 Å². The van der Waals surface area contributed by atoms with Gasteiger partial charge in [0.05, 0.1) is 0 Å².